The van der Waals surface area contributed by atoms with Crippen LogP contribution in [-0.4, -0.2) is 72.0 Å². The fourth-order valence-electron chi connectivity index (χ4n) is 8.03. The Morgan fingerprint density at radius 2 is 0.767 bits per heavy atom. The van der Waals surface area contributed by atoms with Gasteiger partial charge in [-0.2, -0.15) is 0 Å². The summed E-state index contributed by atoms with van der Waals surface area (Å²) in [7, 11) is -10.8. The van der Waals surface area contributed by atoms with Crippen LogP contribution in [0.4, 0.5) is 41.6 Å². The minimum absolute atomic E-state index is 0.0225. The summed E-state index contributed by atoms with van der Waals surface area (Å²) < 4.78 is 135. The van der Waals surface area contributed by atoms with Gasteiger partial charge in [0.05, 0.1) is 65.9 Å². The molecule has 3 N–H and O–H groups in total. The van der Waals surface area contributed by atoms with E-state index in [4.69, 9.17) is 21.1 Å². The van der Waals surface area contributed by atoms with Crippen molar-refractivity contribution in [3.05, 3.63) is 277 Å². The number of hydrogen-bond donors (Lipinski definition) is 3. The molecule has 464 valence electrons. The van der Waals surface area contributed by atoms with Crippen LogP contribution >= 0.6 is 11.6 Å². The van der Waals surface area contributed by atoms with Gasteiger partial charge in [0, 0.05) is 51.5 Å². The first-order chi connectivity index (χ1) is 42.5. The minimum Gasteiger partial charge on any atom is -0.497 e. The summed E-state index contributed by atoms with van der Waals surface area (Å²) in [6.45, 7) is 3.71. The summed E-state index contributed by atoms with van der Waals surface area (Å²) in [5.74, 6) is -1.09. The summed E-state index contributed by atoms with van der Waals surface area (Å²) in [6, 6.07) is 50.4. The Bertz CT molecular complexity index is 4440. The Kier molecular flexibility index (Phi) is 21.6. The monoisotopic (exact) mass is 1310 g/mol. The smallest absolute Gasteiger partial charge is 0.497 e. The van der Waals surface area contributed by atoms with Crippen LogP contribution < -0.4 is 28.4 Å². The first-order valence-electron chi connectivity index (χ1n) is 26.0. The van der Waals surface area contributed by atoms with Gasteiger partial charge in [0.2, 0.25) is 0 Å². The summed E-state index contributed by atoms with van der Waals surface area (Å²) in [4.78, 5) is 59.2. The zero-order chi connectivity index (χ0) is 65.6. The number of non-ortho nitro benzene ring substituents is 2. The van der Waals surface area contributed by atoms with Crippen LogP contribution in [0.15, 0.2) is 233 Å². The number of ketones is 3. The molecule has 0 aliphatic carbocycles. The second-order valence-electron chi connectivity index (χ2n) is 18.9. The number of carbonyl (C=O) groups excluding carboxylic acids is 3. The van der Waals surface area contributed by atoms with Gasteiger partial charge >= 0.3 is 6.36 Å². The lowest BCUT2D eigenvalue weighted by Gasteiger charge is -2.13. The quantitative estimate of drug-likeness (QED) is 0.0342. The molecular weight excluding hydrogens is 1260 g/mol. The van der Waals surface area contributed by atoms with Gasteiger partial charge < -0.3 is 14.2 Å². The van der Waals surface area contributed by atoms with Gasteiger partial charge in [0.25, 0.3) is 41.4 Å². The topological polar surface area (TPSA) is 304 Å². The third-order valence-electron chi connectivity index (χ3n) is 12.2. The lowest BCUT2D eigenvalue weighted by atomic mass is 10.0. The van der Waals surface area contributed by atoms with E-state index in [1.807, 2.05) is 13.8 Å². The Morgan fingerprint density at radius 1 is 0.456 bits per heavy atom. The van der Waals surface area contributed by atoms with Crippen LogP contribution in [0.5, 0.6) is 17.2 Å². The standard InChI is InChI=1S/C22H20N2O6S.C20H13ClF3NO4S.C20H16N2O6S/c1-15(2)30-18-9-11-19(12-10-18)31(28,29)23-21-13-8-17(24(26)27)14-20(21)22(25)16-6-4-3-5-7-16;21-14-6-11-18(17(12-14)19(26)13-4-2-1-3-5-13)25-30(27,28)16-9-7-15(8-10-16)29-20(22,23)24;1-28-16-8-10-17(11-9-16)29(26,27)21-19-12-7-15(22(24)25)13-18(19)20(23)14-5-3-2-4-6-14/h3-15,23H,1-2H3;1-12,25H;2-13,21H,1H3. The van der Waals surface area contributed by atoms with Crippen LogP contribution in [0, 0.1) is 20.2 Å². The molecule has 0 atom stereocenters. The molecule has 0 fully saturated rings. The van der Waals surface area contributed by atoms with Gasteiger partial charge in [-0.3, -0.25) is 48.8 Å². The highest BCUT2D eigenvalue weighted by atomic mass is 35.5. The van der Waals surface area contributed by atoms with E-state index in [1.165, 1.54) is 86.0 Å². The van der Waals surface area contributed by atoms with Gasteiger partial charge in [-0.25, -0.2) is 25.3 Å². The van der Waals surface area contributed by atoms with Gasteiger partial charge in [-0.15, -0.1) is 13.2 Å². The van der Waals surface area contributed by atoms with E-state index in [9.17, 15) is 73.0 Å². The van der Waals surface area contributed by atoms with Crippen LogP contribution in [0.2, 0.25) is 5.02 Å². The van der Waals surface area contributed by atoms with Gasteiger partial charge in [-0.05, 0) is 117 Å². The van der Waals surface area contributed by atoms with Gasteiger partial charge in [-0.1, -0.05) is 103 Å². The van der Waals surface area contributed by atoms with E-state index < -0.39 is 69.4 Å². The average molecular weight is 1310 g/mol. The van der Waals surface area contributed by atoms with Crippen molar-refractivity contribution in [1.29, 1.82) is 0 Å². The van der Waals surface area contributed by atoms with E-state index in [0.717, 1.165) is 48.5 Å². The molecule has 0 spiro atoms. The highest BCUT2D eigenvalue weighted by Gasteiger charge is 2.32. The molecule has 0 aliphatic rings. The maximum absolute atomic E-state index is 12.9. The Morgan fingerprint density at radius 3 is 1.08 bits per heavy atom. The molecule has 0 aliphatic heterocycles. The number of nitro benzene ring substituents is 2. The number of alkyl halides is 3. The lowest BCUT2D eigenvalue weighted by molar-refractivity contribution is -0.385. The summed E-state index contributed by atoms with van der Waals surface area (Å²) >= 11 is 5.97. The first kappa shape index (κ1) is 67.0. The summed E-state index contributed by atoms with van der Waals surface area (Å²) in [6.07, 6.45) is -4.96. The number of methoxy groups -OCH3 is 1. The first-order valence-corrected chi connectivity index (χ1v) is 30.9. The van der Waals surface area contributed by atoms with Crippen molar-refractivity contribution in [2.75, 3.05) is 21.3 Å². The predicted octanol–water partition coefficient (Wildman–Crippen LogP) is 13.3. The highest BCUT2D eigenvalue weighted by molar-refractivity contribution is 7.93. The lowest BCUT2D eigenvalue weighted by Crippen LogP contribution is -2.18. The second kappa shape index (κ2) is 29.0. The molecule has 28 heteroatoms. The fraction of sp³-hybridized carbons (Fsp3) is 0.0806. The molecule has 0 radical (unpaired) electrons. The van der Waals surface area contributed by atoms with E-state index in [1.54, 1.807) is 91.0 Å². The van der Waals surface area contributed by atoms with Crippen LogP contribution in [0.25, 0.3) is 0 Å². The highest BCUT2D eigenvalue weighted by Crippen LogP contribution is 2.32. The number of carbonyl (C=O) groups is 3. The van der Waals surface area contributed by atoms with Crippen molar-refractivity contribution in [2.45, 2.75) is 41.0 Å². The maximum atomic E-state index is 12.9. The number of hydrogen-bond acceptors (Lipinski definition) is 16. The fourth-order valence-corrected chi connectivity index (χ4v) is 11.4. The van der Waals surface area contributed by atoms with E-state index >= 15 is 0 Å². The van der Waals surface area contributed by atoms with Crippen molar-refractivity contribution in [3.8, 4) is 17.2 Å². The largest absolute Gasteiger partial charge is 0.573 e. The SMILES string of the molecule is CC(C)Oc1ccc(S(=O)(=O)Nc2ccc([N+](=O)[O-])cc2C(=O)c2ccccc2)cc1.COc1ccc(S(=O)(=O)Nc2ccc([N+](=O)[O-])cc2C(=O)c2ccccc2)cc1.O=C(c1ccccc1)c1cc(Cl)ccc1NS(=O)(=O)c1ccc(OC(F)(F)F)cc1. The molecule has 9 aromatic carbocycles. The average Bonchev–Trinajstić information content (AvgIpc) is 0.898. The Balaban J connectivity index is 0.000000192. The van der Waals surface area contributed by atoms with Gasteiger partial charge in [0.1, 0.15) is 17.2 Å². The third-order valence-corrected chi connectivity index (χ3v) is 16.6. The number of nitrogens with one attached hydrogen (secondary N) is 3. The molecule has 0 saturated carbocycles. The van der Waals surface area contributed by atoms with Crippen LogP contribution in [0.3, 0.4) is 0 Å². The number of rotatable bonds is 21. The molecule has 0 bridgehead atoms. The van der Waals surface area contributed by atoms with Crippen molar-refractivity contribution in [2.24, 2.45) is 0 Å². The van der Waals surface area contributed by atoms with Gasteiger partial charge in [0.15, 0.2) is 17.3 Å². The second-order valence-corrected chi connectivity index (χ2v) is 24.4. The molecule has 90 heavy (non-hydrogen) atoms. The molecule has 0 unspecified atom stereocenters. The predicted molar refractivity (Wildman–Crippen MR) is 328 cm³/mol. The zero-order valence-corrected chi connectivity index (χ0v) is 50.2. The number of ether oxygens (including phenoxy) is 3. The number of anilines is 3. The number of sulfonamides is 3. The van der Waals surface area contributed by atoms with Crippen molar-refractivity contribution >= 4 is 87.5 Å². The molecule has 0 amide bonds. The normalized spacial score (nSPS) is 11.3. The third kappa shape index (κ3) is 18.1. The zero-order valence-electron chi connectivity index (χ0n) is 47.0. The maximum Gasteiger partial charge on any atom is 0.573 e. The van der Waals surface area contributed by atoms with E-state index in [-0.39, 0.29) is 82.1 Å². The minimum atomic E-state index is -4.89. The number of benzene rings is 9. The molecule has 0 aromatic heterocycles. The Hall–Kier alpha value is -10.5. The van der Waals surface area contributed by atoms with Crippen molar-refractivity contribution in [3.63, 3.8) is 0 Å². The van der Waals surface area contributed by atoms with E-state index in [2.05, 4.69) is 18.9 Å². The number of halogens is 4. The number of nitrogens with zero attached hydrogens (tertiary/aromatic N) is 2. The Labute approximate surface area is 518 Å². The molecular formula is C62H49ClF3N5O16S3. The molecule has 9 aromatic rings. The summed E-state index contributed by atoms with van der Waals surface area (Å²) in [5.41, 5.74) is -0.119. The number of nitro groups is 2. The van der Waals surface area contributed by atoms with Crippen molar-refractivity contribution < 1.29 is 76.9 Å². The van der Waals surface area contributed by atoms with Crippen molar-refractivity contribution in [1.82, 2.24) is 0 Å². The summed E-state index contributed by atoms with van der Waals surface area (Å²) in [5, 5.41) is 22.5. The molecule has 0 saturated heterocycles. The van der Waals surface area contributed by atoms with Crippen LogP contribution in [-0.2, 0) is 30.1 Å². The van der Waals surface area contributed by atoms with Crippen LogP contribution in [0.1, 0.15) is 61.6 Å². The molecule has 0 heterocycles. The molecule has 9 rings (SSSR count). The molecule has 21 nitrogen and oxygen atoms in total. The van der Waals surface area contributed by atoms with E-state index in [0.29, 0.717) is 17.1 Å².